The summed E-state index contributed by atoms with van der Waals surface area (Å²) in [6.45, 7) is 1.96. The minimum absolute atomic E-state index is 0.0822. The van der Waals surface area contributed by atoms with E-state index in [0.29, 0.717) is 11.1 Å². The Hall–Kier alpha value is -2.22. The number of Topliss-reactive ketones (excluding diaryl/α,β-unsaturated/α-hetero) is 2. The lowest BCUT2D eigenvalue weighted by Crippen LogP contribution is -2.12. The predicted molar refractivity (Wildman–Crippen MR) is 69.0 cm³/mol. The Balaban J connectivity index is 2.12. The molecule has 0 unspecified atom stereocenters. The molecule has 3 rings (SSSR count). The Bertz CT molecular complexity index is 621. The van der Waals surface area contributed by atoms with E-state index >= 15 is 0 Å². The highest BCUT2D eigenvalue weighted by molar-refractivity contribution is 6.29. The fourth-order valence-corrected chi connectivity index (χ4v) is 2.50. The normalized spacial score (nSPS) is 14.9. The van der Waals surface area contributed by atoms with Crippen molar-refractivity contribution < 1.29 is 9.59 Å². The highest BCUT2D eigenvalue weighted by Crippen LogP contribution is 2.33. The van der Waals surface area contributed by atoms with E-state index in [2.05, 4.69) is 0 Å². The molecule has 2 nitrogen and oxygen atoms in total. The number of carbonyl (C=O) groups excluding carboxylic acids is 2. The third kappa shape index (κ3) is 1.50. The zero-order chi connectivity index (χ0) is 12.7. The van der Waals surface area contributed by atoms with Crippen molar-refractivity contribution in [3.63, 3.8) is 0 Å². The molecule has 18 heavy (non-hydrogen) atoms. The van der Waals surface area contributed by atoms with Gasteiger partial charge in [-0.15, -0.1) is 0 Å². The molecule has 0 N–H and O–H groups in total. The van der Waals surface area contributed by atoms with Gasteiger partial charge in [0.1, 0.15) is 5.92 Å². The third-order valence-electron chi connectivity index (χ3n) is 3.36. The highest BCUT2D eigenvalue weighted by Gasteiger charge is 2.39. The molecule has 0 aromatic heterocycles. The maximum absolute atomic E-state index is 12.3. The second kappa shape index (κ2) is 3.91. The number of benzene rings is 2. The molecule has 1 aliphatic rings. The van der Waals surface area contributed by atoms with Crippen LogP contribution in [0.2, 0.25) is 0 Å². The van der Waals surface area contributed by atoms with Crippen LogP contribution in [0.3, 0.4) is 0 Å². The number of aryl methyl sites for hydroxylation is 1. The van der Waals surface area contributed by atoms with Gasteiger partial charge in [0, 0.05) is 11.1 Å². The minimum Gasteiger partial charge on any atom is -0.293 e. The molecule has 0 atom stereocenters. The second-order valence-electron chi connectivity index (χ2n) is 4.62. The standard InChI is InChI=1S/C16H12O2/c1-10-5-4-6-11(9-10)14-15(17)12-7-2-3-8-13(12)16(14)18/h2-9,14H,1H3. The van der Waals surface area contributed by atoms with Gasteiger partial charge in [-0.25, -0.2) is 0 Å². The third-order valence-corrected chi connectivity index (χ3v) is 3.36. The first-order valence-corrected chi connectivity index (χ1v) is 5.92. The highest BCUT2D eigenvalue weighted by atomic mass is 16.2. The molecular formula is C16H12O2. The summed E-state index contributed by atoms with van der Waals surface area (Å²) in [7, 11) is 0. The van der Waals surface area contributed by atoms with Gasteiger partial charge in [-0.1, -0.05) is 54.1 Å². The van der Waals surface area contributed by atoms with E-state index in [0.717, 1.165) is 11.1 Å². The summed E-state index contributed by atoms with van der Waals surface area (Å²) in [6.07, 6.45) is 0. The van der Waals surface area contributed by atoms with Crippen LogP contribution in [0.1, 0.15) is 37.8 Å². The molecule has 0 aliphatic heterocycles. The average molecular weight is 236 g/mol. The van der Waals surface area contributed by atoms with E-state index in [9.17, 15) is 9.59 Å². The Labute approximate surface area is 105 Å². The summed E-state index contributed by atoms with van der Waals surface area (Å²) in [5.41, 5.74) is 2.95. The molecule has 1 aliphatic carbocycles. The van der Waals surface area contributed by atoms with Gasteiger partial charge in [0.05, 0.1) is 0 Å². The maximum Gasteiger partial charge on any atom is 0.178 e. The van der Waals surface area contributed by atoms with Crippen LogP contribution in [0, 0.1) is 6.92 Å². The second-order valence-corrected chi connectivity index (χ2v) is 4.62. The van der Waals surface area contributed by atoms with Crippen molar-refractivity contribution in [2.24, 2.45) is 0 Å². The van der Waals surface area contributed by atoms with Crippen molar-refractivity contribution in [3.05, 3.63) is 70.8 Å². The van der Waals surface area contributed by atoms with E-state index in [1.807, 2.05) is 31.2 Å². The molecule has 0 amide bonds. The molecule has 2 aromatic carbocycles. The molecule has 0 heterocycles. The lowest BCUT2D eigenvalue weighted by atomic mass is 9.93. The van der Waals surface area contributed by atoms with E-state index < -0.39 is 5.92 Å². The van der Waals surface area contributed by atoms with Crippen LogP contribution in [0.25, 0.3) is 0 Å². The summed E-state index contributed by atoms with van der Waals surface area (Å²) in [4.78, 5) is 24.6. The Morgan fingerprint density at radius 2 is 1.44 bits per heavy atom. The van der Waals surface area contributed by atoms with Gasteiger partial charge >= 0.3 is 0 Å². The Morgan fingerprint density at radius 1 is 0.833 bits per heavy atom. The number of hydrogen-bond acceptors (Lipinski definition) is 2. The van der Waals surface area contributed by atoms with Gasteiger partial charge in [0.2, 0.25) is 0 Å². The first-order valence-electron chi connectivity index (χ1n) is 5.92. The monoisotopic (exact) mass is 236 g/mol. The zero-order valence-electron chi connectivity index (χ0n) is 10.0. The van der Waals surface area contributed by atoms with Crippen LogP contribution in [0.5, 0.6) is 0 Å². The van der Waals surface area contributed by atoms with Crippen molar-refractivity contribution in [3.8, 4) is 0 Å². The van der Waals surface area contributed by atoms with Gasteiger partial charge in [0.15, 0.2) is 11.6 Å². The van der Waals surface area contributed by atoms with Gasteiger partial charge in [-0.05, 0) is 12.5 Å². The van der Waals surface area contributed by atoms with E-state index in [4.69, 9.17) is 0 Å². The summed E-state index contributed by atoms with van der Waals surface area (Å²) in [5.74, 6) is -0.815. The van der Waals surface area contributed by atoms with Crippen molar-refractivity contribution in [2.75, 3.05) is 0 Å². The Morgan fingerprint density at radius 3 is 2.00 bits per heavy atom. The molecule has 2 heteroatoms. The number of fused-ring (bicyclic) bond motifs is 1. The molecule has 0 saturated carbocycles. The number of hydrogen-bond donors (Lipinski definition) is 0. The topological polar surface area (TPSA) is 34.1 Å². The molecule has 0 radical (unpaired) electrons. The summed E-state index contributed by atoms with van der Waals surface area (Å²) in [5, 5.41) is 0. The molecule has 0 spiro atoms. The smallest absolute Gasteiger partial charge is 0.178 e. The lowest BCUT2D eigenvalue weighted by Gasteiger charge is -2.07. The van der Waals surface area contributed by atoms with Crippen LogP contribution in [-0.2, 0) is 0 Å². The summed E-state index contributed by atoms with van der Waals surface area (Å²) < 4.78 is 0. The Kier molecular flexibility index (Phi) is 2.37. The van der Waals surface area contributed by atoms with Crippen molar-refractivity contribution in [1.29, 1.82) is 0 Å². The minimum atomic E-state index is -0.651. The van der Waals surface area contributed by atoms with Crippen LogP contribution >= 0.6 is 0 Å². The van der Waals surface area contributed by atoms with Crippen LogP contribution in [0.15, 0.2) is 48.5 Å². The maximum atomic E-state index is 12.3. The fraction of sp³-hybridized carbons (Fsp3) is 0.125. The van der Waals surface area contributed by atoms with Crippen LogP contribution in [-0.4, -0.2) is 11.6 Å². The number of rotatable bonds is 1. The molecule has 0 saturated heterocycles. The van der Waals surface area contributed by atoms with Crippen LogP contribution < -0.4 is 0 Å². The SMILES string of the molecule is Cc1cccc(C2C(=O)c3ccccc3C2=O)c1. The fourth-order valence-electron chi connectivity index (χ4n) is 2.50. The quantitative estimate of drug-likeness (QED) is 0.713. The van der Waals surface area contributed by atoms with Gasteiger partial charge in [-0.3, -0.25) is 9.59 Å². The zero-order valence-corrected chi connectivity index (χ0v) is 10.0. The number of carbonyl (C=O) groups is 2. The summed E-state index contributed by atoms with van der Waals surface area (Å²) >= 11 is 0. The average Bonchev–Trinajstić information content (AvgIpc) is 2.63. The van der Waals surface area contributed by atoms with E-state index in [1.54, 1.807) is 24.3 Å². The molecule has 0 bridgehead atoms. The largest absolute Gasteiger partial charge is 0.293 e. The van der Waals surface area contributed by atoms with E-state index in [1.165, 1.54) is 0 Å². The lowest BCUT2D eigenvalue weighted by molar-refractivity contribution is 0.0890. The van der Waals surface area contributed by atoms with Crippen molar-refractivity contribution in [2.45, 2.75) is 12.8 Å². The van der Waals surface area contributed by atoms with Gasteiger partial charge < -0.3 is 0 Å². The van der Waals surface area contributed by atoms with Crippen LogP contribution in [0.4, 0.5) is 0 Å². The first-order chi connectivity index (χ1) is 8.68. The molecular weight excluding hydrogens is 224 g/mol. The van der Waals surface area contributed by atoms with Gasteiger partial charge in [0.25, 0.3) is 0 Å². The van der Waals surface area contributed by atoms with Crippen molar-refractivity contribution in [1.82, 2.24) is 0 Å². The van der Waals surface area contributed by atoms with Crippen molar-refractivity contribution >= 4 is 11.6 Å². The van der Waals surface area contributed by atoms with Gasteiger partial charge in [-0.2, -0.15) is 0 Å². The van der Waals surface area contributed by atoms with E-state index in [-0.39, 0.29) is 11.6 Å². The number of ketones is 2. The predicted octanol–water partition coefficient (Wildman–Crippen LogP) is 3.16. The molecule has 88 valence electrons. The molecule has 0 fully saturated rings. The molecule has 2 aromatic rings. The summed E-state index contributed by atoms with van der Waals surface area (Å²) in [6, 6.07) is 14.6. The first kappa shape index (κ1) is 10.9.